The van der Waals surface area contributed by atoms with E-state index >= 15 is 0 Å². The van der Waals surface area contributed by atoms with Gasteiger partial charge in [0.25, 0.3) is 0 Å². The lowest BCUT2D eigenvalue weighted by molar-refractivity contribution is 0.178. The van der Waals surface area contributed by atoms with Gasteiger partial charge in [0.2, 0.25) is 10.0 Å². The Balaban J connectivity index is 2.30. The number of benzene rings is 1. The van der Waals surface area contributed by atoms with E-state index in [4.69, 9.17) is 9.47 Å². The normalized spacial score (nSPS) is 22.4. The second-order valence-corrected chi connectivity index (χ2v) is 7.14. The van der Waals surface area contributed by atoms with Crippen LogP contribution in [0.3, 0.4) is 0 Å². The largest absolute Gasteiger partial charge is 0.495 e. The summed E-state index contributed by atoms with van der Waals surface area (Å²) in [5.74, 6) is 0.345. The molecule has 0 aromatic heterocycles. The molecule has 0 amide bonds. The quantitative estimate of drug-likeness (QED) is 0.815. The third-order valence-electron chi connectivity index (χ3n) is 3.50. The van der Waals surface area contributed by atoms with E-state index in [2.05, 4.69) is 10.0 Å². The van der Waals surface area contributed by atoms with Crippen LogP contribution in [0.1, 0.15) is 18.9 Å². The molecule has 21 heavy (non-hydrogen) atoms. The van der Waals surface area contributed by atoms with Crippen LogP contribution in [0.5, 0.6) is 5.75 Å². The molecular formula is C14H22N2O4S. The minimum atomic E-state index is -3.65. The van der Waals surface area contributed by atoms with Gasteiger partial charge in [0.05, 0.1) is 19.3 Å². The minimum absolute atomic E-state index is 0.151. The maximum absolute atomic E-state index is 12.6. The molecule has 6 nitrogen and oxygen atoms in total. The number of hydrogen-bond donors (Lipinski definition) is 2. The second kappa shape index (κ2) is 6.31. The summed E-state index contributed by atoms with van der Waals surface area (Å²) in [6.07, 6.45) is 0.659. The third kappa shape index (κ3) is 3.74. The summed E-state index contributed by atoms with van der Waals surface area (Å²) >= 11 is 0. The van der Waals surface area contributed by atoms with E-state index in [0.717, 1.165) is 5.56 Å². The lowest BCUT2D eigenvalue weighted by atomic mass is 10.0. The first-order chi connectivity index (χ1) is 9.90. The molecule has 1 fully saturated rings. The first-order valence-corrected chi connectivity index (χ1v) is 8.32. The molecule has 1 heterocycles. The Morgan fingerprint density at radius 1 is 1.43 bits per heavy atom. The van der Waals surface area contributed by atoms with E-state index < -0.39 is 15.6 Å². The molecule has 1 unspecified atom stereocenters. The van der Waals surface area contributed by atoms with Gasteiger partial charge in [0.1, 0.15) is 10.6 Å². The SMILES string of the molecule is CNCc1ccc(S(=O)(=O)NC2(C)CCOC2)c(OC)c1. The zero-order chi connectivity index (χ0) is 15.5. The summed E-state index contributed by atoms with van der Waals surface area (Å²) in [7, 11) is -0.349. The number of hydrogen-bond acceptors (Lipinski definition) is 5. The highest BCUT2D eigenvalue weighted by Gasteiger charge is 2.35. The van der Waals surface area contributed by atoms with Gasteiger partial charge in [-0.2, -0.15) is 0 Å². The molecule has 1 aliphatic rings. The Kier molecular flexibility index (Phi) is 4.88. The number of methoxy groups -OCH3 is 1. The minimum Gasteiger partial charge on any atom is -0.495 e. The average Bonchev–Trinajstić information content (AvgIpc) is 2.84. The van der Waals surface area contributed by atoms with Crippen molar-refractivity contribution in [3.8, 4) is 5.75 Å². The smallest absolute Gasteiger partial charge is 0.244 e. The maximum Gasteiger partial charge on any atom is 0.244 e. The number of sulfonamides is 1. The average molecular weight is 314 g/mol. The predicted octanol–water partition coefficient (Wildman–Crippen LogP) is 0.872. The van der Waals surface area contributed by atoms with Crippen molar-refractivity contribution < 1.29 is 17.9 Å². The fraction of sp³-hybridized carbons (Fsp3) is 0.571. The molecule has 1 aromatic rings. The van der Waals surface area contributed by atoms with Gasteiger partial charge in [-0.1, -0.05) is 6.07 Å². The van der Waals surface area contributed by atoms with Crippen molar-refractivity contribution in [1.29, 1.82) is 0 Å². The lowest BCUT2D eigenvalue weighted by Gasteiger charge is -2.24. The van der Waals surface area contributed by atoms with Crippen molar-refractivity contribution in [2.24, 2.45) is 0 Å². The van der Waals surface area contributed by atoms with Crippen molar-refractivity contribution in [3.05, 3.63) is 23.8 Å². The summed E-state index contributed by atoms with van der Waals surface area (Å²) < 4.78 is 38.4. The van der Waals surface area contributed by atoms with Gasteiger partial charge in [-0.05, 0) is 38.1 Å². The topological polar surface area (TPSA) is 76.7 Å². The van der Waals surface area contributed by atoms with Gasteiger partial charge in [0.15, 0.2) is 0 Å². The summed E-state index contributed by atoms with van der Waals surface area (Å²) in [5.41, 5.74) is 0.400. The zero-order valence-electron chi connectivity index (χ0n) is 12.6. The third-order valence-corrected chi connectivity index (χ3v) is 5.18. The van der Waals surface area contributed by atoms with E-state index in [1.807, 2.05) is 14.0 Å². The van der Waals surface area contributed by atoms with Gasteiger partial charge in [-0.25, -0.2) is 13.1 Å². The molecule has 1 aromatic carbocycles. The highest BCUT2D eigenvalue weighted by atomic mass is 32.2. The number of nitrogens with one attached hydrogen (secondary N) is 2. The Morgan fingerprint density at radius 2 is 2.19 bits per heavy atom. The van der Waals surface area contributed by atoms with Crippen LogP contribution < -0.4 is 14.8 Å². The predicted molar refractivity (Wildman–Crippen MR) is 79.9 cm³/mol. The summed E-state index contributed by atoms with van der Waals surface area (Å²) in [6.45, 7) is 3.44. The van der Waals surface area contributed by atoms with Crippen molar-refractivity contribution in [1.82, 2.24) is 10.0 Å². The summed E-state index contributed by atoms with van der Waals surface area (Å²) in [5, 5.41) is 3.02. The van der Waals surface area contributed by atoms with Crippen LogP contribution in [0.25, 0.3) is 0 Å². The second-order valence-electron chi connectivity index (χ2n) is 5.48. The van der Waals surface area contributed by atoms with E-state index in [-0.39, 0.29) is 4.90 Å². The molecule has 2 rings (SSSR count). The fourth-order valence-corrected chi connectivity index (χ4v) is 3.95. The first-order valence-electron chi connectivity index (χ1n) is 6.83. The monoisotopic (exact) mass is 314 g/mol. The molecule has 0 radical (unpaired) electrons. The van der Waals surface area contributed by atoms with Gasteiger partial charge in [0, 0.05) is 13.2 Å². The fourth-order valence-electron chi connectivity index (χ4n) is 2.37. The standard InChI is InChI=1S/C14H22N2O4S/c1-14(6-7-20-10-14)16-21(17,18)13-5-4-11(9-15-2)8-12(13)19-3/h4-5,8,15-16H,6-7,9-10H2,1-3H3. The van der Waals surface area contributed by atoms with E-state index in [1.54, 1.807) is 18.2 Å². The molecule has 0 bridgehead atoms. The number of ether oxygens (including phenoxy) is 2. The highest BCUT2D eigenvalue weighted by molar-refractivity contribution is 7.89. The molecule has 0 saturated carbocycles. The maximum atomic E-state index is 12.6. The van der Waals surface area contributed by atoms with Crippen LogP contribution in [0.4, 0.5) is 0 Å². The van der Waals surface area contributed by atoms with Gasteiger partial charge in [-0.3, -0.25) is 0 Å². The zero-order valence-corrected chi connectivity index (χ0v) is 13.4. The molecule has 0 aliphatic carbocycles. The molecule has 7 heteroatoms. The van der Waals surface area contributed by atoms with Crippen molar-refractivity contribution in [3.63, 3.8) is 0 Å². The highest BCUT2D eigenvalue weighted by Crippen LogP contribution is 2.28. The van der Waals surface area contributed by atoms with Crippen LogP contribution in [0.2, 0.25) is 0 Å². The van der Waals surface area contributed by atoms with Gasteiger partial charge < -0.3 is 14.8 Å². The van der Waals surface area contributed by atoms with Gasteiger partial charge >= 0.3 is 0 Å². The Hall–Kier alpha value is -1.15. The molecule has 1 atom stereocenters. The molecule has 1 saturated heterocycles. The molecule has 0 spiro atoms. The van der Waals surface area contributed by atoms with Crippen molar-refractivity contribution in [2.45, 2.75) is 30.3 Å². The Labute approximate surface area is 125 Å². The van der Waals surface area contributed by atoms with E-state index in [9.17, 15) is 8.42 Å². The van der Waals surface area contributed by atoms with Crippen LogP contribution in [-0.2, 0) is 21.3 Å². The summed E-state index contributed by atoms with van der Waals surface area (Å²) in [4.78, 5) is 0.151. The lowest BCUT2D eigenvalue weighted by Crippen LogP contribution is -2.46. The van der Waals surface area contributed by atoms with Crippen LogP contribution in [-0.4, -0.2) is 41.3 Å². The van der Waals surface area contributed by atoms with Gasteiger partial charge in [-0.15, -0.1) is 0 Å². The molecule has 2 N–H and O–H groups in total. The summed E-state index contributed by atoms with van der Waals surface area (Å²) in [6, 6.07) is 5.09. The molecular weight excluding hydrogens is 292 g/mol. The van der Waals surface area contributed by atoms with Crippen molar-refractivity contribution in [2.75, 3.05) is 27.4 Å². The van der Waals surface area contributed by atoms with Crippen LogP contribution in [0, 0.1) is 0 Å². The van der Waals surface area contributed by atoms with E-state index in [1.165, 1.54) is 7.11 Å². The van der Waals surface area contributed by atoms with Crippen LogP contribution >= 0.6 is 0 Å². The number of rotatable bonds is 6. The molecule has 1 aliphatic heterocycles. The van der Waals surface area contributed by atoms with Crippen molar-refractivity contribution >= 4 is 10.0 Å². The van der Waals surface area contributed by atoms with Crippen LogP contribution in [0.15, 0.2) is 23.1 Å². The first kappa shape index (κ1) is 16.2. The molecule has 118 valence electrons. The Morgan fingerprint density at radius 3 is 2.76 bits per heavy atom. The Bertz CT molecular complexity index is 595. The van der Waals surface area contributed by atoms with E-state index in [0.29, 0.717) is 31.9 Å².